The number of fused-ring (bicyclic) bond motifs is 1. The van der Waals surface area contributed by atoms with Gasteiger partial charge in [0.25, 0.3) is 5.69 Å². The van der Waals surface area contributed by atoms with Crippen LogP contribution in [0.25, 0.3) is 0 Å². The normalized spacial score (nSPS) is 21.8. The van der Waals surface area contributed by atoms with Crippen molar-refractivity contribution in [2.75, 3.05) is 0 Å². The summed E-state index contributed by atoms with van der Waals surface area (Å²) in [5, 5.41) is 13.2. The monoisotopic (exact) mass is 343 g/mol. The first kappa shape index (κ1) is 16.7. The third-order valence-electron chi connectivity index (χ3n) is 4.25. The van der Waals surface area contributed by atoms with Crippen LogP contribution in [0.3, 0.4) is 0 Å². The highest BCUT2D eigenvalue weighted by Gasteiger charge is 2.48. The first-order valence-electron chi connectivity index (χ1n) is 7.77. The summed E-state index contributed by atoms with van der Waals surface area (Å²) in [6, 6.07) is 5.57. The summed E-state index contributed by atoms with van der Waals surface area (Å²) < 4.78 is 5.24. The van der Waals surface area contributed by atoms with Gasteiger partial charge in [-0.05, 0) is 30.7 Å². The summed E-state index contributed by atoms with van der Waals surface area (Å²) in [4.78, 5) is 34.6. The van der Waals surface area contributed by atoms with Crippen molar-refractivity contribution in [2.24, 2.45) is 5.92 Å². The molecule has 2 aliphatic rings. The third-order valence-corrected chi connectivity index (χ3v) is 4.25. The largest absolute Gasteiger partial charge is 0.443 e. The zero-order valence-corrected chi connectivity index (χ0v) is 13.8. The molecule has 3 rings (SSSR count). The van der Waals surface area contributed by atoms with Gasteiger partial charge >= 0.3 is 6.09 Å². The van der Waals surface area contributed by atoms with Gasteiger partial charge in [-0.1, -0.05) is 18.6 Å². The number of amides is 2. The first-order chi connectivity index (χ1) is 11.9. The van der Waals surface area contributed by atoms with Gasteiger partial charge in [-0.25, -0.2) is 9.80 Å². The van der Waals surface area contributed by atoms with E-state index in [0.717, 1.165) is 5.57 Å². The van der Waals surface area contributed by atoms with Crippen LogP contribution < -0.4 is 0 Å². The minimum atomic E-state index is -0.678. The van der Waals surface area contributed by atoms with Crippen LogP contribution in [0.5, 0.6) is 0 Å². The Morgan fingerprint density at radius 3 is 2.64 bits per heavy atom. The van der Waals surface area contributed by atoms with Gasteiger partial charge in [-0.2, -0.15) is 5.01 Å². The van der Waals surface area contributed by atoms with Gasteiger partial charge in [0, 0.05) is 18.3 Å². The maximum Gasteiger partial charge on any atom is 0.433 e. The quantitative estimate of drug-likeness (QED) is 0.478. The van der Waals surface area contributed by atoms with E-state index in [-0.39, 0.29) is 30.2 Å². The second-order valence-electron chi connectivity index (χ2n) is 6.01. The molecule has 0 bridgehead atoms. The van der Waals surface area contributed by atoms with Crippen molar-refractivity contribution in [1.82, 2.24) is 10.0 Å². The Morgan fingerprint density at radius 2 is 2.00 bits per heavy atom. The number of allylic oxidation sites excluding steroid dienone is 2. The van der Waals surface area contributed by atoms with Crippen LogP contribution >= 0.6 is 0 Å². The molecule has 2 atom stereocenters. The van der Waals surface area contributed by atoms with E-state index in [1.54, 1.807) is 6.08 Å². The molecule has 8 nitrogen and oxygen atoms in total. The van der Waals surface area contributed by atoms with Gasteiger partial charge in [0.15, 0.2) is 0 Å². The lowest BCUT2D eigenvalue weighted by atomic mass is 9.90. The molecule has 2 heterocycles. The van der Waals surface area contributed by atoms with Crippen LogP contribution in [0, 0.1) is 16.0 Å². The fourth-order valence-corrected chi connectivity index (χ4v) is 2.75. The number of benzene rings is 1. The number of hydrogen-bond donors (Lipinski definition) is 0. The number of nitrogens with zero attached hydrogens (tertiary/aromatic N) is 3. The summed E-state index contributed by atoms with van der Waals surface area (Å²) in [7, 11) is 0. The summed E-state index contributed by atoms with van der Waals surface area (Å²) in [6.45, 7) is 3.67. The predicted octanol–water partition coefficient (Wildman–Crippen LogP) is 2.77. The molecule has 0 N–H and O–H groups in total. The van der Waals surface area contributed by atoms with E-state index in [1.807, 2.05) is 19.9 Å². The molecule has 0 unspecified atom stereocenters. The van der Waals surface area contributed by atoms with Crippen molar-refractivity contribution in [1.29, 1.82) is 0 Å². The molecule has 1 aromatic carbocycles. The number of carbonyl (C=O) groups excluding carboxylic acids is 2. The van der Waals surface area contributed by atoms with Gasteiger partial charge in [0.05, 0.1) is 16.9 Å². The molecule has 2 aliphatic heterocycles. The molecule has 25 heavy (non-hydrogen) atoms. The lowest BCUT2D eigenvalue weighted by molar-refractivity contribution is -0.384. The van der Waals surface area contributed by atoms with Crippen molar-refractivity contribution in [3.8, 4) is 0 Å². The second kappa shape index (κ2) is 6.39. The zero-order valence-electron chi connectivity index (χ0n) is 13.8. The maximum atomic E-state index is 12.4. The van der Waals surface area contributed by atoms with E-state index in [2.05, 4.69) is 0 Å². The third kappa shape index (κ3) is 3.10. The maximum absolute atomic E-state index is 12.4. The number of nitro benzene ring substituents is 1. The topological polar surface area (TPSA) is 93.0 Å². The molecule has 0 aromatic heterocycles. The Hall–Kier alpha value is -3.16. The van der Waals surface area contributed by atoms with Crippen LogP contribution in [-0.2, 0) is 16.1 Å². The van der Waals surface area contributed by atoms with E-state index in [9.17, 15) is 19.7 Å². The van der Waals surface area contributed by atoms with Crippen molar-refractivity contribution >= 4 is 17.7 Å². The fourth-order valence-electron chi connectivity index (χ4n) is 2.75. The van der Waals surface area contributed by atoms with Crippen molar-refractivity contribution in [2.45, 2.75) is 26.5 Å². The molecule has 0 spiro atoms. The standard InChI is InChI=1S/C17H17N3O5/c1-11-7-8-18(19-15(9-11)12(2)16(19)21)17(22)25-10-13-3-5-14(6-4-13)20(23)24/h3-9,12,15H,10H2,1-2H3/t12-,15+/m0/s1. The molecule has 8 heteroatoms. The Bertz CT molecular complexity index is 784. The summed E-state index contributed by atoms with van der Waals surface area (Å²) in [5.74, 6) is -0.326. The summed E-state index contributed by atoms with van der Waals surface area (Å²) in [5.41, 5.74) is 1.54. The number of ether oxygens (including phenoxy) is 1. The predicted molar refractivity (Wildman–Crippen MR) is 87.8 cm³/mol. The van der Waals surface area contributed by atoms with Crippen LogP contribution in [0.4, 0.5) is 10.5 Å². The number of β-lactam (4-membered cyclic amide) rings is 1. The average Bonchev–Trinajstić information content (AvgIpc) is 2.76. The number of nitro groups is 1. The van der Waals surface area contributed by atoms with Gasteiger partial charge in [-0.15, -0.1) is 0 Å². The molecule has 0 aliphatic carbocycles. The van der Waals surface area contributed by atoms with Gasteiger partial charge in [0.1, 0.15) is 6.61 Å². The summed E-state index contributed by atoms with van der Waals surface area (Å²) in [6.07, 6.45) is 4.51. The minimum Gasteiger partial charge on any atom is -0.443 e. The number of carbonyl (C=O) groups is 2. The molecule has 1 saturated heterocycles. The van der Waals surface area contributed by atoms with Crippen molar-refractivity contribution < 1.29 is 19.2 Å². The fraction of sp³-hybridized carbons (Fsp3) is 0.294. The second-order valence-corrected chi connectivity index (χ2v) is 6.01. The lowest BCUT2D eigenvalue weighted by Crippen LogP contribution is -2.65. The molecule has 130 valence electrons. The molecular formula is C17H17N3O5. The van der Waals surface area contributed by atoms with E-state index >= 15 is 0 Å². The minimum absolute atomic E-state index is 0.0323. The van der Waals surface area contributed by atoms with Crippen molar-refractivity contribution in [3.63, 3.8) is 0 Å². The van der Waals surface area contributed by atoms with Gasteiger partial charge < -0.3 is 4.74 Å². The Kier molecular flexibility index (Phi) is 4.26. The number of hydrogen-bond acceptors (Lipinski definition) is 5. The van der Waals surface area contributed by atoms with Crippen LogP contribution in [0.2, 0.25) is 0 Å². The highest BCUT2D eigenvalue weighted by Crippen LogP contribution is 2.32. The highest BCUT2D eigenvalue weighted by atomic mass is 16.6. The number of non-ortho nitro benzene ring substituents is 1. The first-order valence-corrected chi connectivity index (χ1v) is 7.77. The molecule has 1 aromatic rings. The van der Waals surface area contributed by atoms with Crippen LogP contribution in [-0.4, -0.2) is 33.0 Å². The summed E-state index contributed by atoms with van der Waals surface area (Å²) >= 11 is 0. The SMILES string of the molecule is CC1=C[C@@H]2[C@H](C)C(=O)N2N(C(=O)OCc2ccc([N+](=O)[O-])cc2)C=C1. The molecule has 2 amide bonds. The molecule has 1 fully saturated rings. The Morgan fingerprint density at radius 1 is 1.32 bits per heavy atom. The van der Waals surface area contributed by atoms with E-state index in [0.29, 0.717) is 5.56 Å². The van der Waals surface area contributed by atoms with Gasteiger partial charge in [0.2, 0.25) is 5.91 Å². The Labute approximate surface area is 144 Å². The molecule has 0 radical (unpaired) electrons. The smallest absolute Gasteiger partial charge is 0.433 e. The molecular weight excluding hydrogens is 326 g/mol. The van der Waals surface area contributed by atoms with E-state index < -0.39 is 11.0 Å². The van der Waals surface area contributed by atoms with E-state index in [1.165, 1.54) is 40.5 Å². The van der Waals surface area contributed by atoms with Crippen molar-refractivity contribution in [3.05, 3.63) is 63.9 Å². The highest BCUT2D eigenvalue weighted by molar-refractivity contribution is 5.88. The Balaban J connectivity index is 1.67. The lowest BCUT2D eigenvalue weighted by Gasteiger charge is -2.47. The molecule has 0 saturated carbocycles. The van der Waals surface area contributed by atoms with Gasteiger partial charge in [-0.3, -0.25) is 14.9 Å². The number of hydrazine groups is 1. The average molecular weight is 343 g/mol. The van der Waals surface area contributed by atoms with E-state index in [4.69, 9.17) is 4.74 Å². The number of rotatable bonds is 3. The zero-order chi connectivity index (χ0) is 18.1. The van der Waals surface area contributed by atoms with Crippen LogP contribution in [0.15, 0.2) is 48.2 Å². The van der Waals surface area contributed by atoms with Crippen LogP contribution in [0.1, 0.15) is 19.4 Å².